The molecule has 122 valence electrons. The minimum atomic E-state index is -0.879. The number of nitrogens with one attached hydrogen (secondary N) is 1. The number of aryl methyl sites for hydroxylation is 2. The van der Waals surface area contributed by atoms with Gasteiger partial charge in [0.05, 0.1) is 11.6 Å². The number of allylic oxidation sites excluding steroid dienone is 2. The molecule has 3 heteroatoms. The molecule has 0 spiro atoms. The molecule has 2 aromatic rings. The molecule has 1 aliphatic heterocycles. The van der Waals surface area contributed by atoms with Gasteiger partial charge in [0.15, 0.2) is 0 Å². The van der Waals surface area contributed by atoms with Crippen LogP contribution in [0.25, 0.3) is 0 Å². The summed E-state index contributed by atoms with van der Waals surface area (Å²) in [6.45, 7) is 4.31. The summed E-state index contributed by atoms with van der Waals surface area (Å²) in [7, 11) is 0. The summed E-state index contributed by atoms with van der Waals surface area (Å²) < 4.78 is 0. The number of carboxylic acids is 1. The molecular formula is C21H21NO2. The van der Waals surface area contributed by atoms with Crippen molar-refractivity contribution in [3.63, 3.8) is 0 Å². The van der Waals surface area contributed by atoms with Crippen LogP contribution < -0.4 is 5.32 Å². The molecular weight excluding hydrogens is 298 g/mol. The monoisotopic (exact) mass is 319 g/mol. The van der Waals surface area contributed by atoms with Gasteiger partial charge in [0.1, 0.15) is 0 Å². The van der Waals surface area contributed by atoms with Gasteiger partial charge in [0.25, 0.3) is 0 Å². The van der Waals surface area contributed by atoms with Gasteiger partial charge in [-0.2, -0.15) is 0 Å². The fourth-order valence-electron chi connectivity index (χ4n) is 4.24. The molecule has 0 bridgehead atoms. The van der Waals surface area contributed by atoms with Crippen molar-refractivity contribution in [3.8, 4) is 0 Å². The van der Waals surface area contributed by atoms with Crippen LogP contribution in [0.3, 0.4) is 0 Å². The van der Waals surface area contributed by atoms with Crippen LogP contribution in [0.1, 0.15) is 51.0 Å². The average molecular weight is 319 g/mol. The molecule has 0 radical (unpaired) electrons. The van der Waals surface area contributed by atoms with Crippen LogP contribution in [0.5, 0.6) is 0 Å². The lowest BCUT2D eigenvalue weighted by molar-refractivity contribution is 0.0697. The van der Waals surface area contributed by atoms with Gasteiger partial charge < -0.3 is 10.4 Å². The Kier molecular flexibility index (Phi) is 3.45. The number of carboxylic acid groups (broad SMARTS) is 1. The zero-order valence-corrected chi connectivity index (χ0v) is 13.9. The van der Waals surface area contributed by atoms with E-state index in [4.69, 9.17) is 5.11 Å². The molecule has 0 fully saturated rings. The third-order valence-corrected chi connectivity index (χ3v) is 5.33. The highest BCUT2D eigenvalue weighted by Gasteiger charge is 2.38. The number of carbonyl (C=O) groups is 1. The first-order valence-corrected chi connectivity index (χ1v) is 8.42. The molecule has 1 heterocycles. The molecule has 0 aromatic heterocycles. The third-order valence-electron chi connectivity index (χ3n) is 5.33. The number of hydrogen-bond donors (Lipinski definition) is 2. The summed E-state index contributed by atoms with van der Waals surface area (Å²) >= 11 is 0. The van der Waals surface area contributed by atoms with Crippen LogP contribution >= 0.6 is 0 Å². The Balaban J connectivity index is 1.76. The van der Waals surface area contributed by atoms with Gasteiger partial charge in [-0.3, -0.25) is 0 Å². The van der Waals surface area contributed by atoms with E-state index in [0.717, 1.165) is 12.0 Å². The summed E-state index contributed by atoms with van der Waals surface area (Å²) in [6.07, 6.45) is 5.67. The minimum Gasteiger partial charge on any atom is -0.478 e. The highest BCUT2D eigenvalue weighted by Crippen LogP contribution is 2.50. The van der Waals surface area contributed by atoms with Gasteiger partial charge in [0, 0.05) is 11.6 Å². The quantitative estimate of drug-likeness (QED) is 0.780. The zero-order valence-electron chi connectivity index (χ0n) is 13.9. The number of hydrogen-bond acceptors (Lipinski definition) is 2. The van der Waals surface area contributed by atoms with Crippen LogP contribution in [-0.2, 0) is 0 Å². The normalized spacial score (nSPS) is 24.2. The van der Waals surface area contributed by atoms with Crippen LogP contribution in [0, 0.1) is 19.8 Å². The Hall–Kier alpha value is -2.55. The molecule has 2 N–H and O–H groups in total. The Morgan fingerprint density at radius 3 is 2.62 bits per heavy atom. The van der Waals surface area contributed by atoms with Crippen molar-refractivity contribution >= 4 is 11.7 Å². The van der Waals surface area contributed by atoms with Gasteiger partial charge in [-0.1, -0.05) is 42.0 Å². The lowest BCUT2D eigenvalue weighted by atomic mass is 9.76. The molecule has 0 unspecified atom stereocenters. The van der Waals surface area contributed by atoms with Crippen LogP contribution in [0.15, 0.2) is 48.6 Å². The maximum absolute atomic E-state index is 11.1. The fraction of sp³-hybridized carbons (Fsp3) is 0.286. The molecule has 0 saturated carbocycles. The molecule has 3 atom stereocenters. The maximum Gasteiger partial charge on any atom is 0.335 e. The SMILES string of the molecule is Cc1cc(C)c2c(c1)[C@@H]1C=CC[C@@H]1[C@H](c1ccc(C(=O)O)cc1)N2. The van der Waals surface area contributed by atoms with Crippen molar-refractivity contribution in [2.24, 2.45) is 5.92 Å². The summed E-state index contributed by atoms with van der Waals surface area (Å²) in [5, 5.41) is 12.8. The predicted molar refractivity (Wildman–Crippen MR) is 95.7 cm³/mol. The molecule has 24 heavy (non-hydrogen) atoms. The van der Waals surface area contributed by atoms with Crippen molar-refractivity contribution in [2.45, 2.75) is 32.2 Å². The van der Waals surface area contributed by atoms with Gasteiger partial charge >= 0.3 is 5.97 Å². The van der Waals surface area contributed by atoms with Crippen LogP contribution in [0.4, 0.5) is 5.69 Å². The van der Waals surface area contributed by atoms with E-state index in [1.165, 1.54) is 22.4 Å². The Labute approximate surface area is 142 Å². The van der Waals surface area contributed by atoms with Gasteiger partial charge in [-0.25, -0.2) is 4.79 Å². The highest BCUT2D eigenvalue weighted by atomic mass is 16.4. The van der Waals surface area contributed by atoms with E-state index in [2.05, 4.69) is 43.4 Å². The van der Waals surface area contributed by atoms with E-state index >= 15 is 0 Å². The minimum absolute atomic E-state index is 0.210. The van der Waals surface area contributed by atoms with Gasteiger partial charge in [0.2, 0.25) is 0 Å². The summed E-state index contributed by atoms with van der Waals surface area (Å²) in [4.78, 5) is 11.1. The van der Waals surface area contributed by atoms with E-state index < -0.39 is 5.97 Å². The number of aromatic carboxylic acids is 1. The Bertz CT molecular complexity index is 836. The Morgan fingerprint density at radius 1 is 1.17 bits per heavy atom. The highest BCUT2D eigenvalue weighted by molar-refractivity contribution is 5.87. The number of fused-ring (bicyclic) bond motifs is 3. The number of benzene rings is 2. The first-order chi connectivity index (χ1) is 11.5. The van der Waals surface area contributed by atoms with Crippen molar-refractivity contribution in [1.29, 1.82) is 0 Å². The van der Waals surface area contributed by atoms with Crippen LogP contribution in [-0.4, -0.2) is 11.1 Å². The van der Waals surface area contributed by atoms with E-state index in [-0.39, 0.29) is 6.04 Å². The largest absolute Gasteiger partial charge is 0.478 e. The average Bonchev–Trinajstić information content (AvgIpc) is 3.04. The summed E-state index contributed by atoms with van der Waals surface area (Å²) in [5.41, 5.74) is 6.70. The first kappa shape index (κ1) is 15.0. The number of anilines is 1. The van der Waals surface area contributed by atoms with Gasteiger partial charge in [-0.05, 0) is 55.0 Å². The Morgan fingerprint density at radius 2 is 1.92 bits per heavy atom. The third kappa shape index (κ3) is 2.32. The lowest BCUT2D eigenvalue weighted by Gasteiger charge is -2.38. The molecule has 2 aliphatic rings. The first-order valence-electron chi connectivity index (χ1n) is 8.42. The second-order valence-corrected chi connectivity index (χ2v) is 6.95. The summed E-state index contributed by atoms with van der Waals surface area (Å²) in [6, 6.07) is 12.0. The van der Waals surface area contributed by atoms with Crippen LogP contribution in [0.2, 0.25) is 0 Å². The predicted octanol–water partition coefficient (Wildman–Crippen LogP) is 4.83. The van der Waals surface area contributed by atoms with E-state index in [1.54, 1.807) is 12.1 Å². The van der Waals surface area contributed by atoms with Crippen molar-refractivity contribution in [3.05, 3.63) is 76.4 Å². The summed E-state index contributed by atoms with van der Waals surface area (Å²) in [5.74, 6) is 0.0357. The molecule has 2 aromatic carbocycles. The second-order valence-electron chi connectivity index (χ2n) is 6.95. The molecule has 0 amide bonds. The lowest BCUT2D eigenvalue weighted by Crippen LogP contribution is -2.29. The smallest absolute Gasteiger partial charge is 0.335 e. The van der Waals surface area contributed by atoms with E-state index in [0.29, 0.717) is 17.4 Å². The molecule has 4 rings (SSSR count). The zero-order chi connectivity index (χ0) is 16.8. The molecule has 3 nitrogen and oxygen atoms in total. The van der Waals surface area contributed by atoms with E-state index in [1.807, 2.05) is 12.1 Å². The fourth-order valence-corrected chi connectivity index (χ4v) is 4.24. The van der Waals surface area contributed by atoms with Gasteiger partial charge in [-0.15, -0.1) is 0 Å². The molecule has 1 aliphatic carbocycles. The number of rotatable bonds is 2. The topological polar surface area (TPSA) is 49.3 Å². The van der Waals surface area contributed by atoms with Crippen molar-refractivity contribution < 1.29 is 9.90 Å². The maximum atomic E-state index is 11.1. The second kappa shape index (κ2) is 5.52. The standard InChI is InChI=1S/C21H21NO2/c1-12-10-13(2)19-18(11-12)16-4-3-5-17(16)20(22-19)14-6-8-15(9-7-14)21(23)24/h3-4,6-11,16-17,20,22H,5H2,1-2H3,(H,23,24)/t16-,17+,20+/m1/s1. The molecule has 0 saturated heterocycles. The van der Waals surface area contributed by atoms with Crippen molar-refractivity contribution in [1.82, 2.24) is 0 Å². The van der Waals surface area contributed by atoms with E-state index in [9.17, 15) is 4.79 Å². The van der Waals surface area contributed by atoms with Crippen molar-refractivity contribution in [2.75, 3.05) is 5.32 Å².